The molecule has 1 atom stereocenters. The van der Waals surface area contributed by atoms with Gasteiger partial charge in [0.15, 0.2) is 0 Å². The fourth-order valence-corrected chi connectivity index (χ4v) is 2.40. The van der Waals surface area contributed by atoms with Crippen LogP contribution in [0.15, 0.2) is 0 Å². The minimum atomic E-state index is -1.17. The van der Waals surface area contributed by atoms with Crippen molar-refractivity contribution in [2.45, 2.75) is 46.1 Å². The molecule has 0 spiro atoms. The Bertz CT molecular complexity index is 533. The van der Waals surface area contributed by atoms with Crippen molar-refractivity contribution in [1.29, 1.82) is 0 Å². The molecule has 4 nitrogen and oxygen atoms in total. The van der Waals surface area contributed by atoms with Crippen molar-refractivity contribution >= 4 is 5.97 Å². The summed E-state index contributed by atoms with van der Waals surface area (Å²) in [6.07, 6.45) is 1.02. The van der Waals surface area contributed by atoms with Gasteiger partial charge >= 0.3 is 5.97 Å². The fraction of sp³-hybridized carbons (Fsp3) is 0.500. The standard InChI is InChI=1S/C14H18O4/c1-7-8(2)12-10(9(3)11(7)15)5-6-14(4,18-12)13(16)17/h15H,5-6H2,1-4H3,(H,16,17)/t14-/m1/s1. The monoisotopic (exact) mass is 250 g/mol. The zero-order chi connectivity index (χ0) is 13.7. The van der Waals surface area contributed by atoms with Crippen LogP contribution in [0.25, 0.3) is 0 Å². The molecule has 0 aliphatic carbocycles. The summed E-state index contributed by atoms with van der Waals surface area (Å²) >= 11 is 0. The molecular formula is C14H18O4. The molecule has 2 N–H and O–H groups in total. The van der Waals surface area contributed by atoms with Gasteiger partial charge in [-0.25, -0.2) is 4.79 Å². The molecule has 4 heteroatoms. The smallest absolute Gasteiger partial charge is 0.347 e. The number of ether oxygens (including phenoxy) is 1. The third kappa shape index (κ3) is 1.64. The van der Waals surface area contributed by atoms with Gasteiger partial charge in [-0.05, 0) is 50.8 Å². The molecule has 0 bridgehead atoms. The largest absolute Gasteiger partial charge is 0.507 e. The summed E-state index contributed by atoms with van der Waals surface area (Å²) in [5.41, 5.74) is 2.11. The van der Waals surface area contributed by atoms with E-state index in [0.29, 0.717) is 18.6 Å². The summed E-state index contributed by atoms with van der Waals surface area (Å²) in [5, 5.41) is 19.2. The molecule has 1 aromatic rings. The Kier molecular flexibility index (Phi) is 2.76. The van der Waals surface area contributed by atoms with Crippen molar-refractivity contribution in [3.8, 4) is 11.5 Å². The lowest BCUT2D eigenvalue weighted by atomic mass is 9.87. The number of carbonyl (C=O) groups is 1. The molecule has 0 saturated heterocycles. The predicted molar refractivity (Wildman–Crippen MR) is 67.3 cm³/mol. The van der Waals surface area contributed by atoms with Crippen LogP contribution in [-0.2, 0) is 11.2 Å². The third-order valence-electron chi connectivity index (χ3n) is 3.97. The molecular weight excluding hydrogens is 232 g/mol. The molecule has 1 aliphatic heterocycles. The first kappa shape index (κ1) is 12.7. The van der Waals surface area contributed by atoms with Crippen LogP contribution in [0.4, 0.5) is 0 Å². The van der Waals surface area contributed by atoms with E-state index in [1.54, 1.807) is 6.92 Å². The summed E-state index contributed by atoms with van der Waals surface area (Å²) in [6, 6.07) is 0. The van der Waals surface area contributed by atoms with Crippen molar-refractivity contribution in [3.63, 3.8) is 0 Å². The van der Waals surface area contributed by atoms with Crippen LogP contribution in [0.2, 0.25) is 0 Å². The van der Waals surface area contributed by atoms with E-state index < -0.39 is 11.6 Å². The molecule has 98 valence electrons. The van der Waals surface area contributed by atoms with Crippen LogP contribution in [0.3, 0.4) is 0 Å². The summed E-state index contributed by atoms with van der Waals surface area (Å²) < 4.78 is 5.72. The van der Waals surface area contributed by atoms with Gasteiger partial charge in [-0.1, -0.05) is 0 Å². The van der Waals surface area contributed by atoms with E-state index in [4.69, 9.17) is 4.74 Å². The lowest BCUT2D eigenvalue weighted by Gasteiger charge is -2.34. The third-order valence-corrected chi connectivity index (χ3v) is 3.97. The van der Waals surface area contributed by atoms with Gasteiger partial charge in [0, 0.05) is 12.0 Å². The highest BCUT2D eigenvalue weighted by molar-refractivity contribution is 5.78. The maximum atomic E-state index is 11.3. The van der Waals surface area contributed by atoms with E-state index in [-0.39, 0.29) is 5.75 Å². The molecule has 1 aromatic carbocycles. The lowest BCUT2D eigenvalue weighted by molar-refractivity contribution is -0.155. The molecule has 0 fully saturated rings. The van der Waals surface area contributed by atoms with Crippen molar-refractivity contribution < 1.29 is 19.7 Å². The molecule has 2 rings (SSSR count). The van der Waals surface area contributed by atoms with E-state index in [9.17, 15) is 15.0 Å². The Hall–Kier alpha value is -1.71. The topological polar surface area (TPSA) is 66.8 Å². The second-order valence-electron chi connectivity index (χ2n) is 5.17. The normalized spacial score (nSPS) is 22.2. The predicted octanol–water partition coefficient (Wildman–Crippen LogP) is 2.49. The Labute approximate surface area is 106 Å². The minimum Gasteiger partial charge on any atom is -0.507 e. The fourth-order valence-electron chi connectivity index (χ4n) is 2.40. The summed E-state index contributed by atoms with van der Waals surface area (Å²) in [6.45, 7) is 7.09. The minimum absolute atomic E-state index is 0.286. The average Bonchev–Trinajstić information content (AvgIpc) is 2.33. The number of aliphatic carboxylic acids is 1. The Morgan fingerprint density at radius 1 is 1.22 bits per heavy atom. The maximum absolute atomic E-state index is 11.3. The number of fused-ring (bicyclic) bond motifs is 1. The summed E-state index contributed by atoms with van der Waals surface area (Å²) in [5.74, 6) is -0.0383. The van der Waals surface area contributed by atoms with E-state index in [1.807, 2.05) is 20.8 Å². The highest BCUT2D eigenvalue weighted by Crippen LogP contribution is 2.43. The van der Waals surface area contributed by atoms with Crippen LogP contribution in [-0.4, -0.2) is 21.8 Å². The number of hydrogen-bond donors (Lipinski definition) is 2. The number of rotatable bonds is 1. The second-order valence-corrected chi connectivity index (χ2v) is 5.17. The molecule has 0 saturated carbocycles. The maximum Gasteiger partial charge on any atom is 0.347 e. The van der Waals surface area contributed by atoms with Gasteiger partial charge in [-0.15, -0.1) is 0 Å². The zero-order valence-electron chi connectivity index (χ0n) is 11.1. The van der Waals surface area contributed by atoms with Crippen LogP contribution in [0.1, 0.15) is 35.6 Å². The number of carboxylic acids is 1. The van der Waals surface area contributed by atoms with Gasteiger partial charge in [0.25, 0.3) is 0 Å². The van der Waals surface area contributed by atoms with Gasteiger partial charge in [-0.2, -0.15) is 0 Å². The Balaban J connectivity index is 2.61. The van der Waals surface area contributed by atoms with E-state index >= 15 is 0 Å². The first-order chi connectivity index (χ1) is 8.28. The van der Waals surface area contributed by atoms with Gasteiger partial charge in [0.2, 0.25) is 5.60 Å². The molecule has 18 heavy (non-hydrogen) atoms. The highest BCUT2D eigenvalue weighted by Gasteiger charge is 2.40. The number of benzene rings is 1. The molecule has 0 amide bonds. The lowest BCUT2D eigenvalue weighted by Crippen LogP contribution is -2.44. The SMILES string of the molecule is Cc1c(C)c2c(c(C)c1O)CC[C@](C)(C(=O)O)O2. The summed E-state index contributed by atoms with van der Waals surface area (Å²) in [4.78, 5) is 11.3. The van der Waals surface area contributed by atoms with Gasteiger partial charge in [-0.3, -0.25) is 0 Å². The highest BCUT2D eigenvalue weighted by atomic mass is 16.5. The molecule has 1 heterocycles. The van der Waals surface area contributed by atoms with Gasteiger partial charge < -0.3 is 14.9 Å². The van der Waals surface area contributed by atoms with Crippen LogP contribution < -0.4 is 4.74 Å². The number of phenolic OH excluding ortho intramolecular Hbond substituents is 1. The van der Waals surface area contributed by atoms with Gasteiger partial charge in [0.05, 0.1) is 0 Å². The number of aromatic hydroxyl groups is 1. The van der Waals surface area contributed by atoms with Crippen molar-refractivity contribution in [1.82, 2.24) is 0 Å². The van der Waals surface area contributed by atoms with E-state index in [2.05, 4.69) is 0 Å². The van der Waals surface area contributed by atoms with Crippen molar-refractivity contribution in [2.75, 3.05) is 0 Å². The Morgan fingerprint density at radius 3 is 2.39 bits per heavy atom. The quantitative estimate of drug-likeness (QED) is 0.803. The molecule has 0 unspecified atom stereocenters. The van der Waals surface area contributed by atoms with Crippen molar-refractivity contribution in [3.05, 3.63) is 22.3 Å². The number of phenols is 1. The average molecular weight is 250 g/mol. The van der Waals surface area contributed by atoms with Crippen LogP contribution in [0, 0.1) is 20.8 Å². The zero-order valence-corrected chi connectivity index (χ0v) is 11.1. The summed E-state index contributed by atoms with van der Waals surface area (Å²) in [7, 11) is 0. The van der Waals surface area contributed by atoms with Crippen LogP contribution in [0.5, 0.6) is 11.5 Å². The van der Waals surface area contributed by atoms with Crippen LogP contribution >= 0.6 is 0 Å². The first-order valence-corrected chi connectivity index (χ1v) is 6.02. The molecule has 0 aromatic heterocycles. The van der Waals surface area contributed by atoms with Gasteiger partial charge in [0.1, 0.15) is 11.5 Å². The second kappa shape index (κ2) is 3.90. The number of carboxylic acid groups (broad SMARTS) is 1. The number of hydrogen-bond acceptors (Lipinski definition) is 3. The van der Waals surface area contributed by atoms with E-state index in [0.717, 1.165) is 22.3 Å². The molecule has 0 radical (unpaired) electrons. The van der Waals surface area contributed by atoms with Crippen molar-refractivity contribution in [2.24, 2.45) is 0 Å². The Morgan fingerprint density at radius 2 is 1.83 bits per heavy atom. The molecule has 1 aliphatic rings. The van der Waals surface area contributed by atoms with E-state index in [1.165, 1.54) is 0 Å². The first-order valence-electron chi connectivity index (χ1n) is 6.02.